The smallest absolute Gasteiger partial charge is 0.274 e. The van der Waals surface area contributed by atoms with Crippen molar-refractivity contribution in [1.82, 2.24) is 14.7 Å². The first-order chi connectivity index (χ1) is 9.67. The molecule has 0 atom stereocenters. The first kappa shape index (κ1) is 14.1. The number of aryl methyl sites for hydroxylation is 1. The number of carbonyl (C=O) groups excluding carboxylic acids is 1. The maximum Gasteiger partial charge on any atom is 0.274 e. The summed E-state index contributed by atoms with van der Waals surface area (Å²) in [5.74, 6) is -0.0757. The van der Waals surface area contributed by atoms with Gasteiger partial charge >= 0.3 is 0 Å². The molecule has 0 unspecified atom stereocenters. The van der Waals surface area contributed by atoms with Crippen molar-refractivity contribution in [2.45, 2.75) is 26.9 Å². The van der Waals surface area contributed by atoms with Gasteiger partial charge in [-0.05, 0) is 19.4 Å². The van der Waals surface area contributed by atoms with E-state index in [2.05, 4.69) is 5.10 Å². The van der Waals surface area contributed by atoms with Crippen molar-refractivity contribution in [2.24, 2.45) is 0 Å². The zero-order chi connectivity index (χ0) is 14.5. The number of hydrogen-bond acceptors (Lipinski definition) is 3. The Morgan fingerprint density at radius 3 is 2.60 bits per heavy atom. The standard InChI is InChI=1S/C15H20N4O/c1-3-18(11-12-8-6-5-7-9-12)15(20)14-13(16)10-17-19(14)4-2/h5-10H,3-4,11,16H2,1-2H3. The van der Waals surface area contributed by atoms with E-state index in [0.29, 0.717) is 31.0 Å². The average Bonchev–Trinajstić information content (AvgIpc) is 2.86. The van der Waals surface area contributed by atoms with Crippen LogP contribution in [-0.4, -0.2) is 27.1 Å². The summed E-state index contributed by atoms with van der Waals surface area (Å²) in [4.78, 5) is 14.4. The average molecular weight is 272 g/mol. The van der Waals surface area contributed by atoms with Crippen LogP contribution in [0.15, 0.2) is 36.5 Å². The summed E-state index contributed by atoms with van der Waals surface area (Å²) in [5.41, 5.74) is 7.88. The molecule has 106 valence electrons. The molecule has 2 rings (SSSR count). The Morgan fingerprint density at radius 1 is 1.30 bits per heavy atom. The summed E-state index contributed by atoms with van der Waals surface area (Å²) >= 11 is 0. The number of anilines is 1. The molecule has 0 radical (unpaired) electrons. The lowest BCUT2D eigenvalue weighted by Crippen LogP contribution is -2.32. The minimum atomic E-state index is -0.0757. The Kier molecular flexibility index (Phi) is 4.40. The van der Waals surface area contributed by atoms with E-state index >= 15 is 0 Å². The fraction of sp³-hybridized carbons (Fsp3) is 0.333. The van der Waals surface area contributed by atoms with Gasteiger partial charge in [-0.1, -0.05) is 30.3 Å². The second-order valence-electron chi connectivity index (χ2n) is 4.57. The molecule has 0 aliphatic carbocycles. The number of amides is 1. The third-order valence-corrected chi connectivity index (χ3v) is 3.26. The molecule has 5 heteroatoms. The van der Waals surface area contributed by atoms with E-state index in [0.717, 1.165) is 5.56 Å². The van der Waals surface area contributed by atoms with Gasteiger partial charge in [0.1, 0.15) is 5.69 Å². The first-order valence-electron chi connectivity index (χ1n) is 6.81. The molecular formula is C15H20N4O. The Balaban J connectivity index is 2.23. The van der Waals surface area contributed by atoms with Crippen LogP contribution in [-0.2, 0) is 13.1 Å². The monoisotopic (exact) mass is 272 g/mol. The van der Waals surface area contributed by atoms with E-state index in [-0.39, 0.29) is 5.91 Å². The number of nitrogen functional groups attached to an aromatic ring is 1. The van der Waals surface area contributed by atoms with Crippen molar-refractivity contribution >= 4 is 11.6 Å². The van der Waals surface area contributed by atoms with Gasteiger partial charge in [0.2, 0.25) is 0 Å². The fourth-order valence-electron chi connectivity index (χ4n) is 2.15. The van der Waals surface area contributed by atoms with Crippen LogP contribution in [0.4, 0.5) is 5.69 Å². The molecule has 2 aromatic rings. The van der Waals surface area contributed by atoms with E-state index in [9.17, 15) is 4.79 Å². The SMILES string of the molecule is CCN(Cc1ccccc1)C(=O)c1c(N)cnn1CC. The van der Waals surface area contributed by atoms with Gasteiger partial charge in [-0.3, -0.25) is 9.48 Å². The van der Waals surface area contributed by atoms with E-state index in [1.807, 2.05) is 44.2 Å². The van der Waals surface area contributed by atoms with Gasteiger partial charge in [-0.25, -0.2) is 0 Å². The number of rotatable bonds is 5. The van der Waals surface area contributed by atoms with Gasteiger partial charge in [-0.15, -0.1) is 0 Å². The van der Waals surface area contributed by atoms with Crippen LogP contribution < -0.4 is 5.73 Å². The Labute approximate surface area is 119 Å². The van der Waals surface area contributed by atoms with Gasteiger partial charge in [-0.2, -0.15) is 5.10 Å². The highest BCUT2D eigenvalue weighted by molar-refractivity contribution is 5.97. The summed E-state index contributed by atoms with van der Waals surface area (Å²) in [5, 5.41) is 4.12. The molecule has 0 bridgehead atoms. The van der Waals surface area contributed by atoms with Crippen molar-refractivity contribution in [3.8, 4) is 0 Å². The zero-order valence-electron chi connectivity index (χ0n) is 11.9. The number of benzene rings is 1. The number of carbonyl (C=O) groups is 1. The number of nitrogens with two attached hydrogens (primary N) is 1. The molecule has 0 fully saturated rings. The molecule has 5 nitrogen and oxygen atoms in total. The molecule has 2 N–H and O–H groups in total. The van der Waals surface area contributed by atoms with Crippen LogP contribution in [0, 0.1) is 0 Å². The van der Waals surface area contributed by atoms with Crippen LogP contribution in [0.1, 0.15) is 29.9 Å². The Hall–Kier alpha value is -2.30. The fourth-order valence-corrected chi connectivity index (χ4v) is 2.15. The van der Waals surface area contributed by atoms with Crippen LogP contribution in [0.2, 0.25) is 0 Å². The van der Waals surface area contributed by atoms with Crippen molar-refractivity contribution in [2.75, 3.05) is 12.3 Å². The molecular weight excluding hydrogens is 252 g/mol. The Morgan fingerprint density at radius 2 is 2.00 bits per heavy atom. The van der Waals surface area contributed by atoms with Gasteiger partial charge < -0.3 is 10.6 Å². The van der Waals surface area contributed by atoms with Crippen LogP contribution >= 0.6 is 0 Å². The van der Waals surface area contributed by atoms with Gasteiger partial charge in [0, 0.05) is 19.6 Å². The second-order valence-corrected chi connectivity index (χ2v) is 4.57. The molecule has 0 aliphatic rings. The summed E-state index contributed by atoms with van der Waals surface area (Å²) in [6.45, 7) is 5.73. The van der Waals surface area contributed by atoms with Crippen LogP contribution in [0.5, 0.6) is 0 Å². The second kappa shape index (κ2) is 6.23. The third-order valence-electron chi connectivity index (χ3n) is 3.26. The van der Waals surface area contributed by atoms with Crippen molar-refractivity contribution in [1.29, 1.82) is 0 Å². The predicted octanol–water partition coefficient (Wildman–Crippen LogP) is 2.15. The molecule has 1 amide bonds. The minimum Gasteiger partial charge on any atom is -0.396 e. The largest absolute Gasteiger partial charge is 0.396 e. The third kappa shape index (κ3) is 2.82. The maximum absolute atomic E-state index is 12.6. The molecule has 0 saturated carbocycles. The van der Waals surface area contributed by atoms with E-state index in [1.165, 1.54) is 6.20 Å². The number of nitrogens with zero attached hydrogens (tertiary/aromatic N) is 3. The normalized spacial score (nSPS) is 10.5. The van der Waals surface area contributed by atoms with Crippen molar-refractivity contribution < 1.29 is 4.79 Å². The van der Waals surface area contributed by atoms with E-state index < -0.39 is 0 Å². The summed E-state index contributed by atoms with van der Waals surface area (Å²) in [7, 11) is 0. The summed E-state index contributed by atoms with van der Waals surface area (Å²) in [6.07, 6.45) is 1.53. The first-order valence-corrected chi connectivity index (χ1v) is 6.81. The van der Waals surface area contributed by atoms with Crippen molar-refractivity contribution in [3.63, 3.8) is 0 Å². The highest BCUT2D eigenvalue weighted by Gasteiger charge is 2.21. The lowest BCUT2D eigenvalue weighted by Gasteiger charge is -2.21. The molecule has 1 heterocycles. The number of aromatic nitrogens is 2. The topological polar surface area (TPSA) is 64.2 Å². The van der Waals surface area contributed by atoms with Gasteiger partial charge in [0.05, 0.1) is 11.9 Å². The minimum absolute atomic E-state index is 0.0757. The summed E-state index contributed by atoms with van der Waals surface area (Å²) < 4.78 is 1.64. The van der Waals surface area contributed by atoms with Crippen LogP contribution in [0.25, 0.3) is 0 Å². The lowest BCUT2D eigenvalue weighted by molar-refractivity contribution is 0.0741. The van der Waals surface area contributed by atoms with Gasteiger partial charge in [0.25, 0.3) is 5.91 Å². The van der Waals surface area contributed by atoms with E-state index in [1.54, 1.807) is 9.58 Å². The lowest BCUT2D eigenvalue weighted by atomic mass is 10.2. The van der Waals surface area contributed by atoms with E-state index in [4.69, 9.17) is 5.73 Å². The molecule has 0 saturated heterocycles. The molecule has 20 heavy (non-hydrogen) atoms. The molecule has 1 aromatic carbocycles. The predicted molar refractivity (Wildman–Crippen MR) is 79.2 cm³/mol. The van der Waals surface area contributed by atoms with Crippen molar-refractivity contribution in [3.05, 3.63) is 47.8 Å². The zero-order valence-corrected chi connectivity index (χ0v) is 11.9. The van der Waals surface area contributed by atoms with Crippen LogP contribution in [0.3, 0.4) is 0 Å². The highest BCUT2D eigenvalue weighted by Crippen LogP contribution is 2.15. The molecule has 0 aliphatic heterocycles. The highest BCUT2D eigenvalue weighted by atomic mass is 16.2. The van der Waals surface area contributed by atoms with Gasteiger partial charge in [0.15, 0.2) is 0 Å². The Bertz CT molecular complexity index is 577. The summed E-state index contributed by atoms with van der Waals surface area (Å²) in [6, 6.07) is 9.93. The maximum atomic E-state index is 12.6. The molecule has 0 spiro atoms. The number of hydrogen-bond donors (Lipinski definition) is 1. The molecule has 1 aromatic heterocycles. The quantitative estimate of drug-likeness (QED) is 0.907.